The zero-order valence-electron chi connectivity index (χ0n) is 24.2. The average Bonchev–Trinajstić information content (AvgIpc) is 3.51. The molecule has 0 saturated heterocycles. The van der Waals surface area contributed by atoms with E-state index in [-0.39, 0.29) is 0 Å². The number of likely N-dealkylation sites (N-methyl/N-ethyl adjacent to an activating group) is 2. The highest BCUT2D eigenvalue weighted by atomic mass is 16.5. The Labute approximate surface area is 232 Å². The zero-order valence-corrected chi connectivity index (χ0v) is 24.2. The second-order valence-electron chi connectivity index (χ2n) is 10.5. The van der Waals surface area contributed by atoms with Crippen LogP contribution in [0.25, 0.3) is 21.8 Å². The summed E-state index contributed by atoms with van der Waals surface area (Å²) in [5.41, 5.74) is 6.49. The molecule has 0 aliphatic carbocycles. The number of benzene rings is 3. The molecule has 0 fully saturated rings. The zero-order chi connectivity index (χ0) is 27.8. The van der Waals surface area contributed by atoms with Gasteiger partial charge in [0, 0.05) is 53.8 Å². The van der Waals surface area contributed by atoms with Gasteiger partial charge in [-0.05, 0) is 94.1 Å². The average molecular weight is 527 g/mol. The Morgan fingerprint density at radius 1 is 0.718 bits per heavy atom. The molecule has 5 rings (SSSR count). The Morgan fingerprint density at radius 2 is 1.33 bits per heavy atom. The van der Waals surface area contributed by atoms with Crippen molar-refractivity contribution in [3.05, 3.63) is 95.8 Å². The van der Waals surface area contributed by atoms with Gasteiger partial charge in [0.2, 0.25) is 0 Å². The lowest BCUT2D eigenvalue weighted by Crippen LogP contribution is -2.14. The first-order chi connectivity index (χ1) is 18.9. The highest BCUT2D eigenvalue weighted by Crippen LogP contribution is 2.27. The van der Waals surface area contributed by atoms with E-state index in [1.807, 2.05) is 12.1 Å². The summed E-state index contributed by atoms with van der Waals surface area (Å²) in [5, 5.41) is 2.56. The molecular weight excluding hydrogens is 484 g/mol. The predicted octanol–water partition coefficient (Wildman–Crippen LogP) is 6.08. The molecule has 1 N–H and O–H groups in total. The summed E-state index contributed by atoms with van der Waals surface area (Å²) in [6, 6.07) is 23.1. The van der Waals surface area contributed by atoms with E-state index < -0.39 is 0 Å². The summed E-state index contributed by atoms with van der Waals surface area (Å²) in [6.07, 6.45) is 6.48. The highest BCUT2D eigenvalue weighted by Gasteiger charge is 2.11. The molecule has 0 saturated carbocycles. The maximum Gasteiger partial charge on any atom is 0.119 e. The van der Waals surface area contributed by atoms with Crippen molar-refractivity contribution in [2.24, 2.45) is 0 Å². The van der Waals surface area contributed by atoms with Crippen LogP contribution in [-0.2, 0) is 19.4 Å². The van der Waals surface area contributed by atoms with Crippen molar-refractivity contribution in [2.75, 3.05) is 55.5 Å². The van der Waals surface area contributed by atoms with E-state index in [1.54, 1.807) is 14.2 Å². The molecule has 5 aromatic rings. The molecule has 0 spiro atoms. The van der Waals surface area contributed by atoms with Gasteiger partial charge in [0.15, 0.2) is 0 Å². The normalized spacial score (nSPS) is 11.3. The van der Waals surface area contributed by atoms with Crippen molar-refractivity contribution in [3.63, 3.8) is 0 Å². The van der Waals surface area contributed by atoms with E-state index in [2.05, 4.69) is 115 Å². The van der Waals surface area contributed by atoms with Gasteiger partial charge in [-0.2, -0.15) is 0 Å². The van der Waals surface area contributed by atoms with Crippen LogP contribution in [0.3, 0.4) is 0 Å². The predicted molar refractivity (Wildman–Crippen MR) is 163 cm³/mol. The number of ether oxygens (including phenoxy) is 2. The van der Waals surface area contributed by atoms with Crippen molar-refractivity contribution in [2.45, 2.75) is 19.4 Å². The minimum atomic E-state index is 0.894. The number of nitrogens with zero attached hydrogens (tertiary/aromatic N) is 3. The lowest BCUT2D eigenvalue weighted by atomic mass is 10.1. The summed E-state index contributed by atoms with van der Waals surface area (Å²) in [6.45, 7) is 3.00. The number of methoxy groups -OCH3 is 2. The molecule has 3 aromatic carbocycles. The largest absolute Gasteiger partial charge is 0.497 e. The van der Waals surface area contributed by atoms with E-state index in [4.69, 9.17) is 9.47 Å². The van der Waals surface area contributed by atoms with Crippen molar-refractivity contribution < 1.29 is 9.47 Å². The fraction of sp³-hybridized carbons (Fsp3) is 0.333. The van der Waals surface area contributed by atoms with Gasteiger partial charge in [-0.1, -0.05) is 30.3 Å². The van der Waals surface area contributed by atoms with Crippen LogP contribution in [-0.4, -0.2) is 74.9 Å². The molecule has 2 heterocycles. The minimum absolute atomic E-state index is 0.894. The van der Waals surface area contributed by atoms with Gasteiger partial charge in [0.1, 0.15) is 11.5 Å². The van der Waals surface area contributed by atoms with Crippen LogP contribution in [0.2, 0.25) is 0 Å². The number of rotatable bonds is 10. The Kier molecular flexibility index (Phi) is 9.69. The quantitative estimate of drug-likeness (QED) is 0.239. The first-order valence-corrected chi connectivity index (χ1v) is 13.5. The van der Waals surface area contributed by atoms with Gasteiger partial charge in [0.05, 0.1) is 14.2 Å². The molecule has 0 amide bonds. The highest BCUT2D eigenvalue weighted by molar-refractivity contribution is 5.86. The number of aromatic amines is 1. The van der Waals surface area contributed by atoms with Crippen LogP contribution in [0.15, 0.2) is 79.1 Å². The molecule has 39 heavy (non-hydrogen) atoms. The standard InChI is InChI=1S/C20H24N2O.C13H18N2O/c1-21(2)12-11-17-15-22(14-16-7-5-4-6-8-16)20-10-9-18(23-3)13-19(17)20;1-15(2)7-6-10-9-14-13-5-4-11(16-3)8-12(10)13/h4-10,13,15H,11-12,14H2,1-3H3;4-5,8-9,14H,6-7H2,1-3H3. The first kappa shape index (κ1) is 28.3. The second kappa shape index (κ2) is 13.4. The van der Waals surface area contributed by atoms with Crippen LogP contribution in [0.5, 0.6) is 11.5 Å². The third-order valence-electron chi connectivity index (χ3n) is 7.00. The smallest absolute Gasteiger partial charge is 0.119 e. The van der Waals surface area contributed by atoms with E-state index in [0.717, 1.165) is 44.0 Å². The Balaban J connectivity index is 0.000000193. The van der Waals surface area contributed by atoms with Crippen LogP contribution < -0.4 is 9.47 Å². The molecule has 2 aromatic heterocycles. The number of nitrogens with one attached hydrogen (secondary N) is 1. The molecule has 6 nitrogen and oxygen atoms in total. The number of hydrogen-bond acceptors (Lipinski definition) is 4. The summed E-state index contributed by atoms with van der Waals surface area (Å²) in [7, 11) is 11.8. The molecule has 0 radical (unpaired) electrons. The van der Waals surface area contributed by atoms with Crippen LogP contribution in [0.4, 0.5) is 0 Å². The summed E-state index contributed by atoms with van der Waals surface area (Å²) >= 11 is 0. The van der Waals surface area contributed by atoms with Crippen molar-refractivity contribution >= 4 is 21.8 Å². The fourth-order valence-electron chi connectivity index (χ4n) is 4.77. The molecule has 0 bridgehead atoms. The molecule has 0 unspecified atom stereocenters. The summed E-state index contributed by atoms with van der Waals surface area (Å²) < 4.78 is 13.0. The van der Waals surface area contributed by atoms with Gasteiger partial charge in [-0.3, -0.25) is 0 Å². The first-order valence-electron chi connectivity index (χ1n) is 13.5. The Hall–Kier alpha value is -3.74. The monoisotopic (exact) mass is 526 g/mol. The number of H-pyrrole nitrogens is 1. The molecular formula is C33H42N4O2. The van der Waals surface area contributed by atoms with Crippen molar-refractivity contribution in [1.29, 1.82) is 0 Å². The Morgan fingerprint density at radius 3 is 1.97 bits per heavy atom. The van der Waals surface area contributed by atoms with E-state index in [0.29, 0.717) is 0 Å². The maximum absolute atomic E-state index is 5.41. The fourth-order valence-corrected chi connectivity index (χ4v) is 4.77. The molecule has 0 atom stereocenters. The molecule has 0 aliphatic heterocycles. The van der Waals surface area contributed by atoms with E-state index in [9.17, 15) is 0 Å². The van der Waals surface area contributed by atoms with Crippen LogP contribution in [0.1, 0.15) is 16.7 Å². The summed E-state index contributed by atoms with van der Waals surface area (Å²) in [4.78, 5) is 7.71. The van der Waals surface area contributed by atoms with Gasteiger partial charge in [-0.15, -0.1) is 0 Å². The van der Waals surface area contributed by atoms with E-state index in [1.165, 1.54) is 38.5 Å². The third-order valence-corrected chi connectivity index (χ3v) is 7.00. The third kappa shape index (κ3) is 7.43. The molecule has 0 aliphatic rings. The SMILES string of the molecule is COc1ccc2[nH]cc(CCN(C)C)c2c1.COc1ccc2c(c1)c(CCN(C)C)cn2Cc1ccccc1. The number of hydrogen-bond donors (Lipinski definition) is 1. The van der Waals surface area contributed by atoms with Crippen LogP contribution >= 0.6 is 0 Å². The van der Waals surface area contributed by atoms with Gasteiger partial charge in [0.25, 0.3) is 0 Å². The Bertz CT molecular complexity index is 1470. The second-order valence-corrected chi connectivity index (χ2v) is 10.5. The molecule has 6 heteroatoms. The molecule has 206 valence electrons. The van der Waals surface area contributed by atoms with Gasteiger partial charge >= 0.3 is 0 Å². The van der Waals surface area contributed by atoms with Crippen molar-refractivity contribution in [1.82, 2.24) is 19.4 Å². The lowest BCUT2D eigenvalue weighted by molar-refractivity contribution is 0.413. The summed E-state index contributed by atoms with van der Waals surface area (Å²) in [5.74, 6) is 1.83. The minimum Gasteiger partial charge on any atom is -0.497 e. The maximum atomic E-state index is 5.41. The lowest BCUT2D eigenvalue weighted by Gasteiger charge is -2.08. The van der Waals surface area contributed by atoms with Gasteiger partial charge < -0.3 is 28.8 Å². The topological polar surface area (TPSA) is 45.7 Å². The van der Waals surface area contributed by atoms with Crippen molar-refractivity contribution in [3.8, 4) is 11.5 Å². The van der Waals surface area contributed by atoms with E-state index >= 15 is 0 Å². The number of fused-ring (bicyclic) bond motifs is 2. The van der Waals surface area contributed by atoms with Gasteiger partial charge in [-0.25, -0.2) is 0 Å². The number of aromatic nitrogens is 2. The van der Waals surface area contributed by atoms with Crippen LogP contribution in [0, 0.1) is 0 Å².